The molecule has 0 bridgehead atoms. The predicted molar refractivity (Wildman–Crippen MR) is 131 cm³/mol. The molecule has 8 nitrogen and oxygen atoms in total. The van der Waals surface area contributed by atoms with E-state index in [0.29, 0.717) is 6.54 Å². The highest BCUT2D eigenvalue weighted by Crippen LogP contribution is 2.32. The van der Waals surface area contributed by atoms with Gasteiger partial charge in [0.25, 0.3) is 0 Å². The molecule has 34 heavy (non-hydrogen) atoms. The molecule has 182 valence electrons. The molecule has 0 aromatic heterocycles. The van der Waals surface area contributed by atoms with Gasteiger partial charge in [0.2, 0.25) is 5.91 Å². The largest absolute Gasteiger partial charge is 0.481 e. The summed E-state index contributed by atoms with van der Waals surface area (Å²) in [7, 11) is 0. The van der Waals surface area contributed by atoms with Crippen molar-refractivity contribution in [3.63, 3.8) is 0 Å². The molecule has 1 saturated carbocycles. The number of rotatable bonds is 8. The maximum absolute atomic E-state index is 11.8. The Hall–Kier alpha value is -3.10. The molecule has 2 aromatic carbocycles. The summed E-state index contributed by atoms with van der Waals surface area (Å²) >= 11 is 6.47. The Morgan fingerprint density at radius 2 is 1.59 bits per heavy atom. The van der Waals surface area contributed by atoms with Crippen molar-refractivity contribution >= 4 is 40.8 Å². The summed E-state index contributed by atoms with van der Waals surface area (Å²) in [5.74, 6) is -1.79. The molecule has 1 fully saturated rings. The fourth-order valence-corrected chi connectivity index (χ4v) is 3.88. The molecular formula is C25H30ClN3O5. The van der Waals surface area contributed by atoms with E-state index in [-0.39, 0.29) is 24.7 Å². The lowest BCUT2D eigenvalue weighted by molar-refractivity contribution is -0.143. The molecule has 2 aromatic rings. The molecule has 1 amide bonds. The van der Waals surface area contributed by atoms with Gasteiger partial charge in [-0.2, -0.15) is 0 Å². The summed E-state index contributed by atoms with van der Waals surface area (Å²) in [6.45, 7) is 2.71. The van der Waals surface area contributed by atoms with Crippen LogP contribution in [-0.2, 0) is 33.8 Å². The van der Waals surface area contributed by atoms with Crippen LogP contribution in [-0.4, -0.2) is 41.1 Å². The number of hydrogen-bond acceptors (Lipinski definition) is 5. The van der Waals surface area contributed by atoms with E-state index in [0.717, 1.165) is 60.7 Å². The maximum atomic E-state index is 11.8. The van der Waals surface area contributed by atoms with Gasteiger partial charge in [0.05, 0.1) is 23.6 Å². The highest BCUT2D eigenvalue weighted by Gasteiger charge is 2.29. The van der Waals surface area contributed by atoms with Gasteiger partial charge in [-0.15, -0.1) is 0 Å². The number of aliphatic carboxylic acids is 2. The van der Waals surface area contributed by atoms with Gasteiger partial charge in [-0.05, 0) is 73.7 Å². The Balaban J connectivity index is 0.000000350. The van der Waals surface area contributed by atoms with Crippen molar-refractivity contribution in [2.24, 2.45) is 5.92 Å². The van der Waals surface area contributed by atoms with Crippen LogP contribution in [0.5, 0.6) is 0 Å². The minimum absolute atomic E-state index is 0.142. The first-order chi connectivity index (χ1) is 16.3. The van der Waals surface area contributed by atoms with Crippen molar-refractivity contribution in [2.45, 2.75) is 45.1 Å². The highest BCUT2D eigenvalue weighted by molar-refractivity contribution is 6.33. The number of halogens is 1. The Kier molecular flexibility index (Phi) is 9.30. The van der Waals surface area contributed by atoms with Crippen LogP contribution in [0.25, 0.3) is 0 Å². The summed E-state index contributed by atoms with van der Waals surface area (Å²) in [4.78, 5) is 31.1. The number of hydrogen-bond donors (Lipinski definition) is 5. The number of amides is 1. The fourth-order valence-electron chi connectivity index (χ4n) is 3.63. The molecule has 1 aliphatic heterocycles. The number of carbonyl (C=O) groups is 3. The van der Waals surface area contributed by atoms with Gasteiger partial charge < -0.3 is 26.2 Å². The molecule has 5 N–H and O–H groups in total. The minimum Gasteiger partial charge on any atom is -0.481 e. The number of carboxylic acid groups (broad SMARTS) is 2. The average molecular weight is 488 g/mol. The first-order valence-electron chi connectivity index (χ1n) is 11.4. The Bertz CT molecular complexity index is 1010. The second kappa shape index (κ2) is 12.4. The van der Waals surface area contributed by atoms with Gasteiger partial charge in [0.15, 0.2) is 0 Å². The molecule has 0 saturated heterocycles. The summed E-state index contributed by atoms with van der Waals surface area (Å²) in [5, 5.41) is 26.5. The van der Waals surface area contributed by atoms with Crippen LogP contribution < -0.4 is 16.0 Å². The standard InChI is InChI=1S/C21H24ClN3O.C4H6O4/c22-19-8-5-15-9-11-23-12-10-18(15)20(19)24-13-14-1-6-17(7-2-14)25-21(26)16-3-4-16;5-3(6)1-2-4(7)8/h1-2,5-8,16,23-24H,3-4,9-13H2,(H,25,26);1-2H2,(H,5,6)(H,7,8). The van der Waals surface area contributed by atoms with Gasteiger partial charge in [0, 0.05) is 18.2 Å². The van der Waals surface area contributed by atoms with Crippen molar-refractivity contribution in [3.8, 4) is 0 Å². The third-order valence-electron chi connectivity index (χ3n) is 5.67. The summed E-state index contributed by atoms with van der Waals surface area (Å²) in [6, 6.07) is 12.2. The molecule has 1 heterocycles. The van der Waals surface area contributed by atoms with Gasteiger partial charge in [-0.25, -0.2) is 0 Å². The lowest BCUT2D eigenvalue weighted by Crippen LogP contribution is -2.16. The zero-order valence-electron chi connectivity index (χ0n) is 18.9. The molecule has 2 aliphatic rings. The van der Waals surface area contributed by atoms with Crippen molar-refractivity contribution in [1.29, 1.82) is 0 Å². The van der Waals surface area contributed by atoms with Crippen molar-refractivity contribution in [3.05, 3.63) is 58.1 Å². The molecule has 0 radical (unpaired) electrons. The second-order valence-electron chi connectivity index (χ2n) is 8.41. The third kappa shape index (κ3) is 8.04. The first-order valence-corrected chi connectivity index (χ1v) is 11.8. The second-order valence-corrected chi connectivity index (χ2v) is 8.82. The van der Waals surface area contributed by atoms with Gasteiger partial charge in [-0.3, -0.25) is 14.4 Å². The van der Waals surface area contributed by atoms with E-state index < -0.39 is 11.9 Å². The van der Waals surface area contributed by atoms with E-state index in [1.54, 1.807) is 0 Å². The molecule has 0 spiro atoms. The quantitative estimate of drug-likeness (QED) is 0.381. The molecular weight excluding hydrogens is 458 g/mol. The topological polar surface area (TPSA) is 128 Å². The normalized spacial score (nSPS) is 14.6. The monoisotopic (exact) mass is 487 g/mol. The lowest BCUT2D eigenvalue weighted by Gasteiger charge is -2.16. The van der Waals surface area contributed by atoms with Crippen LogP contribution in [0, 0.1) is 5.92 Å². The number of carboxylic acids is 2. The predicted octanol–water partition coefficient (Wildman–Crippen LogP) is 3.92. The number of nitrogens with one attached hydrogen (secondary N) is 3. The van der Waals surface area contributed by atoms with E-state index in [4.69, 9.17) is 21.8 Å². The van der Waals surface area contributed by atoms with Crippen LogP contribution >= 0.6 is 11.6 Å². The third-order valence-corrected chi connectivity index (χ3v) is 5.99. The highest BCUT2D eigenvalue weighted by atomic mass is 35.5. The SMILES string of the molecule is O=C(Nc1ccc(CNc2c(Cl)ccc3c2CCNCC3)cc1)C1CC1.O=C(O)CCC(=O)O. The van der Waals surface area contributed by atoms with Crippen molar-refractivity contribution in [1.82, 2.24) is 5.32 Å². The number of carbonyl (C=O) groups excluding carboxylic acids is 1. The Morgan fingerprint density at radius 3 is 2.21 bits per heavy atom. The van der Waals surface area contributed by atoms with Crippen molar-refractivity contribution in [2.75, 3.05) is 23.7 Å². The zero-order chi connectivity index (χ0) is 24.5. The minimum atomic E-state index is -1.08. The number of anilines is 2. The van der Waals surface area contributed by atoms with Crippen LogP contribution in [0.15, 0.2) is 36.4 Å². The van der Waals surface area contributed by atoms with E-state index in [9.17, 15) is 14.4 Å². The summed E-state index contributed by atoms with van der Waals surface area (Å²) < 4.78 is 0. The van der Waals surface area contributed by atoms with E-state index in [2.05, 4.69) is 22.0 Å². The van der Waals surface area contributed by atoms with Crippen LogP contribution in [0.3, 0.4) is 0 Å². The van der Waals surface area contributed by atoms with Crippen LogP contribution in [0.1, 0.15) is 42.4 Å². The molecule has 4 rings (SSSR count). The Labute approximate surface area is 203 Å². The van der Waals surface area contributed by atoms with Crippen LogP contribution in [0.2, 0.25) is 5.02 Å². The van der Waals surface area contributed by atoms with Gasteiger partial charge in [-0.1, -0.05) is 29.8 Å². The van der Waals surface area contributed by atoms with Crippen LogP contribution in [0.4, 0.5) is 11.4 Å². The number of benzene rings is 2. The van der Waals surface area contributed by atoms with Gasteiger partial charge >= 0.3 is 11.9 Å². The lowest BCUT2D eigenvalue weighted by atomic mass is 10.0. The summed E-state index contributed by atoms with van der Waals surface area (Å²) in [6.07, 6.45) is 3.47. The van der Waals surface area contributed by atoms with E-state index in [1.807, 2.05) is 30.3 Å². The average Bonchev–Trinajstić information content (AvgIpc) is 3.66. The van der Waals surface area contributed by atoms with Crippen molar-refractivity contribution < 1.29 is 24.6 Å². The number of fused-ring (bicyclic) bond motifs is 1. The van der Waals surface area contributed by atoms with Gasteiger partial charge in [0.1, 0.15) is 0 Å². The molecule has 0 unspecified atom stereocenters. The smallest absolute Gasteiger partial charge is 0.303 e. The molecule has 9 heteroatoms. The zero-order valence-corrected chi connectivity index (χ0v) is 19.7. The maximum Gasteiger partial charge on any atom is 0.303 e. The Morgan fingerprint density at radius 1 is 0.941 bits per heavy atom. The van der Waals surface area contributed by atoms with E-state index in [1.165, 1.54) is 11.1 Å². The van der Waals surface area contributed by atoms with E-state index >= 15 is 0 Å². The first kappa shape index (κ1) is 25.5. The molecule has 0 atom stereocenters. The fraction of sp³-hybridized carbons (Fsp3) is 0.400. The summed E-state index contributed by atoms with van der Waals surface area (Å²) in [5.41, 5.74) is 5.79. The molecule has 1 aliphatic carbocycles.